The van der Waals surface area contributed by atoms with Crippen molar-refractivity contribution in [1.29, 1.82) is 0 Å². The summed E-state index contributed by atoms with van der Waals surface area (Å²) in [7, 11) is 3.27. The van der Waals surface area contributed by atoms with Crippen molar-refractivity contribution in [3.05, 3.63) is 0 Å². The van der Waals surface area contributed by atoms with Crippen LogP contribution in [0.4, 0.5) is 0 Å². The lowest BCUT2D eigenvalue weighted by atomic mass is 9.89. The fraction of sp³-hybridized carbons (Fsp3) is 0.933. The van der Waals surface area contributed by atoms with Crippen molar-refractivity contribution in [1.82, 2.24) is 10.2 Å². The molecule has 1 aliphatic heterocycles. The third-order valence-corrected chi connectivity index (χ3v) is 4.93. The van der Waals surface area contributed by atoms with Gasteiger partial charge >= 0.3 is 5.97 Å². The highest BCUT2D eigenvalue weighted by atomic mass is 16.5. The molecule has 1 N–H and O–H groups in total. The van der Waals surface area contributed by atoms with Crippen molar-refractivity contribution in [3.63, 3.8) is 0 Å². The molecule has 0 bridgehead atoms. The Labute approximate surface area is 122 Å². The van der Waals surface area contributed by atoms with Gasteiger partial charge in [-0.25, -0.2) is 0 Å². The molecule has 3 unspecified atom stereocenters. The van der Waals surface area contributed by atoms with Gasteiger partial charge in [0.25, 0.3) is 0 Å². The Morgan fingerprint density at radius 1 is 1.45 bits per heavy atom. The largest absolute Gasteiger partial charge is 0.468 e. The highest BCUT2D eigenvalue weighted by molar-refractivity contribution is 5.80. The third kappa shape index (κ3) is 3.32. The van der Waals surface area contributed by atoms with Crippen LogP contribution in [-0.2, 0) is 14.3 Å². The van der Waals surface area contributed by atoms with Gasteiger partial charge in [0.1, 0.15) is 5.54 Å². The summed E-state index contributed by atoms with van der Waals surface area (Å²) in [5, 5.41) is 3.11. The van der Waals surface area contributed by atoms with Crippen molar-refractivity contribution in [2.75, 3.05) is 33.9 Å². The second-order valence-electron chi connectivity index (χ2n) is 6.12. The fourth-order valence-electron chi connectivity index (χ4n) is 3.38. The lowest BCUT2D eigenvalue weighted by Gasteiger charge is -2.44. The molecule has 3 atom stereocenters. The number of carbonyl (C=O) groups excluding carboxylic acids is 1. The van der Waals surface area contributed by atoms with Gasteiger partial charge in [0.2, 0.25) is 0 Å². The van der Waals surface area contributed by atoms with E-state index in [0.29, 0.717) is 12.1 Å². The van der Waals surface area contributed by atoms with Crippen LogP contribution in [0.1, 0.15) is 39.0 Å². The molecule has 5 nitrogen and oxygen atoms in total. The minimum Gasteiger partial charge on any atom is -0.468 e. The predicted octanol–water partition coefficient (Wildman–Crippen LogP) is 1.17. The number of methoxy groups -OCH3 is 1. The van der Waals surface area contributed by atoms with E-state index in [9.17, 15) is 4.79 Å². The van der Waals surface area contributed by atoms with E-state index in [1.54, 1.807) is 0 Å². The molecule has 116 valence electrons. The maximum absolute atomic E-state index is 11.9. The maximum Gasteiger partial charge on any atom is 0.325 e. The summed E-state index contributed by atoms with van der Waals surface area (Å²) in [6, 6.07) is 0.538. The Bertz CT molecular complexity index is 335. The molecule has 0 radical (unpaired) electrons. The summed E-state index contributed by atoms with van der Waals surface area (Å²) in [5.41, 5.74) is -0.600. The SMILES string of the molecule is CNC(C)(CCN1CCOC2CCCCC21)C(=O)OC. The van der Waals surface area contributed by atoms with Gasteiger partial charge in [0.05, 0.1) is 19.8 Å². The third-order valence-electron chi connectivity index (χ3n) is 4.93. The van der Waals surface area contributed by atoms with Gasteiger partial charge in [0.15, 0.2) is 0 Å². The molecule has 0 amide bonds. The number of hydrogen-bond acceptors (Lipinski definition) is 5. The first-order chi connectivity index (χ1) is 9.60. The van der Waals surface area contributed by atoms with E-state index in [2.05, 4.69) is 10.2 Å². The Morgan fingerprint density at radius 3 is 2.90 bits per heavy atom. The normalized spacial score (nSPS) is 30.4. The highest BCUT2D eigenvalue weighted by Crippen LogP contribution is 2.29. The number of likely N-dealkylation sites (N-methyl/N-ethyl adjacent to an activating group) is 1. The molecule has 0 aromatic carbocycles. The lowest BCUT2D eigenvalue weighted by molar-refractivity contribution is -0.148. The summed E-state index contributed by atoms with van der Waals surface area (Å²) in [6.07, 6.45) is 6.14. The molecule has 1 heterocycles. The van der Waals surface area contributed by atoms with Gasteiger partial charge in [-0.2, -0.15) is 0 Å². The maximum atomic E-state index is 11.9. The Balaban J connectivity index is 1.93. The molecule has 20 heavy (non-hydrogen) atoms. The summed E-state index contributed by atoms with van der Waals surface area (Å²) in [5.74, 6) is -0.187. The topological polar surface area (TPSA) is 50.8 Å². The second-order valence-corrected chi connectivity index (χ2v) is 6.12. The van der Waals surface area contributed by atoms with Crippen LogP contribution in [0, 0.1) is 0 Å². The molecule has 0 aromatic rings. The van der Waals surface area contributed by atoms with Gasteiger partial charge in [0, 0.05) is 19.1 Å². The van der Waals surface area contributed by atoms with Crippen LogP contribution >= 0.6 is 0 Å². The molecular weight excluding hydrogens is 256 g/mol. The van der Waals surface area contributed by atoms with E-state index >= 15 is 0 Å². The quantitative estimate of drug-likeness (QED) is 0.768. The van der Waals surface area contributed by atoms with E-state index in [-0.39, 0.29) is 5.97 Å². The Kier molecular flexibility index (Phi) is 5.41. The van der Waals surface area contributed by atoms with E-state index < -0.39 is 5.54 Å². The van der Waals surface area contributed by atoms with Gasteiger partial charge < -0.3 is 14.8 Å². The predicted molar refractivity (Wildman–Crippen MR) is 77.7 cm³/mol. The summed E-state index contributed by atoms with van der Waals surface area (Å²) >= 11 is 0. The number of fused-ring (bicyclic) bond motifs is 1. The summed E-state index contributed by atoms with van der Waals surface area (Å²) in [4.78, 5) is 14.4. The van der Waals surface area contributed by atoms with E-state index in [0.717, 1.165) is 26.1 Å². The van der Waals surface area contributed by atoms with Crippen molar-refractivity contribution < 1.29 is 14.3 Å². The van der Waals surface area contributed by atoms with Crippen LogP contribution in [0.15, 0.2) is 0 Å². The van der Waals surface area contributed by atoms with Crippen LogP contribution < -0.4 is 5.32 Å². The molecule has 1 saturated heterocycles. The molecule has 2 rings (SSSR count). The van der Waals surface area contributed by atoms with Crippen molar-refractivity contribution in [3.8, 4) is 0 Å². The molecule has 1 saturated carbocycles. The van der Waals surface area contributed by atoms with Crippen LogP contribution in [-0.4, -0.2) is 62.4 Å². The zero-order valence-electron chi connectivity index (χ0n) is 13.0. The van der Waals surface area contributed by atoms with Crippen LogP contribution in [0.3, 0.4) is 0 Å². The average molecular weight is 284 g/mol. The zero-order valence-corrected chi connectivity index (χ0v) is 13.0. The average Bonchev–Trinajstić information content (AvgIpc) is 2.51. The molecule has 2 aliphatic rings. The minimum absolute atomic E-state index is 0.187. The van der Waals surface area contributed by atoms with Gasteiger partial charge in [-0.05, 0) is 33.2 Å². The van der Waals surface area contributed by atoms with Crippen LogP contribution in [0.5, 0.6) is 0 Å². The number of rotatable bonds is 5. The van der Waals surface area contributed by atoms with E-state index in [1.165, 1.54) is 32.8 Å². The number of morpholine rings is 1. The minimum atomic E-state index is -0.600. The molecule has 2 fully saturated rings. The van der Waals surface area contributed by atoms with Crippen LogP contribution in [0.25, 0.3) is 0 Å². The molecule has 0 spiro atoms. The number of hydrogen-bond donors (Lipinski definition) is 1. The molecule has 5 heteroatoms. The Morgan fingerprint density at radius 2 is 2.20 bits per heavy atom. The van der Waals surface area contributed by atoms with E-state index in [4.69, 9.17) is 9.47 Å². The molecular formula is C15H28N2O3. The van der Waals surface area contributed by atoms with E-state index in [1.807, 2.05) is 14.0 Å². The monoisotopic (exact) mass is 284 g/mol. The second kappa shape index (κ2) is 6.87. The molecule has 1 aliphatic carbocycles. The molecule has 0 aromatic heterocycles. The van der Waals surface area contributed by atoms with Gasteiger partial charge in [-0.15, -0.1) is 0 Å². The lowest BCUT2D eigenvalue weighted by Crippen LogP contribution is -2.56. The fourth-order valence-corrected chi connectivity index (χ4v) is 3.38. The van der Waals surface area contributed by atoms with Gasteiger partial charge in [-0.1, -0.05) is 12.8 Å². The first-order valence-electron chi connectivity index (χ1n) is 7.73. The van der Waals surface area contributed by atoms with Crippen molar-refractivity contribution in [2.45, 2.75) is 56.7 Å². The summed E-state index contributed by atoms with van der Waals surface area (Å²) < 4.78 is 10.8. The van der Waals surface area contributed by atoms with Crippen molar-refractivity contribution in [2.24, 2.45) is 0 Å². The first-order valence-corrected chi connectivity index (χ1v) is 7.73. The number of esters is 1. The number of nitrogens with zero attached hydrogens (tertiary/aromatic N) is 1. The summed E-state index contributed by atoms with van der Waals surface area (Å²) in [6.45, 7) is 4.62. The zero-order chi connectivity index (χ0) is 14.6. The van der Waals surface area contributed by atoms with Crippen LogP contribution in [0.2, 0.25) is 0 Å². The Hall–Kier alpha value is -0.650. The van der Waals surface area contributed by atoms with Gasteiger partial charge in [-0.3, -0.25) is 9.69 Å². The van der Waals surface area contributed by atoms with Crippen molar-refractivity contribution >= 4 is 5.97 Å². The smallest absolute Gasteiger partial charge is 0.325 e. The number of nitrogens with one attached hydrogen (secondary N) is 1. The number of carbonyl (C=O) groups is 1. The number of ether oxygens (including phenoxy) is 2. The first kappa shape index (κ1) is 15.7. The standard InChI is InChI=1S/C15H28N2O3/c1-15(16-2,14(18)19-3)8-9-17-10-11-20-13-7-5-4-6-12(13)17/h12-13,16H,4-11H2,1-3H3. The highest BCUT2D eigenvalue weighted by Gasteiger charge is 2.37.